The molecule has 5 N–H and O–H groups in total. The van der Waals surface area contributed by atoms with E-state index < -0.39 is 0 Å². The number of anilines is 2. The van der Waals surface area contributed by atoms with Crippen LogP contribution in [0.15, 0.2) is 18.2 Å². The number of nitrogens with one attached hydrogen (secondary N) is 3. The molecule has 0 heterocycles. The predicted octanol–water partition coefficient (Wildman–Crippen LogP) is 0.398. The van der Waals surface area contributed by atoms with Crippen LogP contribution in [0, 0.1) is 0 Å². The molecule has 0 aliphatic rings. The largest absolute Gasteiger partial charge is 0.492 e. The number of aliphatic hydroxyl groups is 2. The molecule has 0 radical (unpaired) electrons. The van der Waals surface area contributed by atoms with Crippen LogP contribution in [0.25, 0.3) is 0 Å². The van der Waals surface area contributed by atoms with Gasteiger partial charge in [0.2, 0.25) is 0 Å². The predicted molar refractivity (Wildman–Crippen MR) is 71.9 cm³/mol. The molecule has 0 aliphatic carbocycles. The molecule has 0 aromatic heterocycles. The third kappa shape index (κ3) is 4.79. The molecule has 0 fully saturated rings. The summed E-state index contributed by atoms with van der Waals surface area (Å²) in [5.74, 6) is 0.749. The van der Waals surface area contributed by atoms with Crippen LogP contribution in [-0.4, -0.2) is 43.1 Å². The summed E-state index contributed by atoms with van der Waals surface area (Å²) < 4.78 is 5.48. The Kier molecular flexibility index (Phi) is 6.93. The number of hydrogen-bond acceptors (Lipinski definition) is 6. The molecule has 6 heteroatoms. The summed E-state index contributed by atoms with van der Waals surface area (Å²) >= 11 is 0. The second kappa shape index (κ2) is 8.57. The maximum absolute atomic E-state index is 8.83. The van der Waals surface area contributed by atoms with Crippen molar-refractivity contribution in [2.45, 2.75) is 6.92 Å². The first-order chi connectivity index (χ1) is 8.81. The Bertz CT molecular complexity index is 347. The van der Waals surface area contributed by atoms with Crippen LogP contribution in [0.3, 0.4) is 0 Å². The zero-order chi connectivity index (χ0) is 13.2. The van der Waals surface area contributed by atoms with Crippen LogP contribution in [0.2, 0.25) is 0 Å². The van der Waals surface area contributed by atoms with E-state index in [9.17, 15) is 0 Å². The Morgan fingerprint density at radius 2 is 1.94 bits per heavy atom. The van der Waals surface area contributed by atoms with Gasteiger partial charge in [0.1, 0.15) is 5.75 Å². The summed E-state index contributed by atoms with van der Waals surface area (Å²) in [5.41, 5.74) is 7.51. The van der Waals surface area contributed by atoms with Crippen molar-refractivity contribution >= 4 is 11.4 Å². The maximum atomic E-state index is 8.83. The number of rotatable bonds is 9. The zero-order valence-electron chi connectivity index (χ0n) is 10.6. The molecule has 102 valence electrons. The SMILES string of the molecule is CCOc1ccc(NNCCO)cc1NCCO. The minimum atomic E-state index is 0.0615. The van der Waals surface area contributed by atoms with E-state index in [0.29, 0.717) is 19.7 Å². The molecule has 6 nitrogen and oxygen atoms in total. The van der Waals surface area contributed by atoms with Crippen molar-refractivity contribution in [3.8, 4) is 5.75 Å². The number of hydrazine groups is 1. The van der Waals surface area contributed by atoms with E-state index >= 15 is 0 Å². The highest BCUT2D eigenvalue weighted by Crippen LogP contribution is 2.27. The average molecular weight is 255 g/mol. The molecule has 0 saturated carbocycles. The fourth-order valence-corrected chi connectivity index (χ4v) is 1.44. The lowest BCUT2D eigenvalue weighted by molar-refractivity contribution is 0.296. The van der Waals surface area contributed by atoms with Gasteiger partial charge >= 0.3 is 0 Å². The van der Waals surface area contributed by atoms with Crippen molar-refractivity contribution in [1.29, 1.82) is 0 Å². The van der Waals surface area contributed by atoms with Crippen molar-refractivity contribution in [2.24, 2.45) is 0 Å². The Morgan fingerprint density at radius 1 is 1.17 bits per heavy atom. The summed E-state index contributed by atoms with van der Waals surface area (Å²) in [6, 6.07) is 5.61. The lowest BCUT2D eigenvalue weighted by atomic mass is 10.2. The molecule has 0 unspecified atom stereocenters. The fourth-order valence-electron chi connectivity index (χ4n) is 1.44. The third-order valence-corrected chi connectivity index (χ3v) is 2.18. The minimum absolute atomic E-state index is 0.0615. The van der Waals surface area contributed by atoms with E-state index in [2.05, 4.69) is 16.2 Å². The van der Waals surface area contributed by atoms with Crippen molar-refractivity contribution in [3.05, 3.63) is 18.2 Å². The first-order valence-electron chi connectivity index (χ1n) is 6.03. The van der Waals surface area contributed by atoms with Crippen molar-refractivity contribution < 1.29 is 14.9 Å². The topological polar surface area (TPSA) is 85.8 Å². The molecule has 1 rings (SSSR count). The highest BCUT2D eigenvalue weighted by atomic mass is 16.5. The normalized spacial score (nSPS) is 10.2. The molecule has 0 spiro atoms. The highest BCUT2D eigenvalue weighted by Gasteiger charge is 2.04. The summed E-state index contributed by atoms with van der Waals surface area (Å²) in [5, 5.41) is 20.6. The van der Waals surface area contributed by atoms with Gasteiger partial charge in [-0.05, 0) is 25.1 Å². The maximum Gasteiger partial charge on any atom is 0.142 e. The van der Waals surface area contributed by atoms with Crippen LogP contribution in [-0.2, 0) is 0 Å². The monoisotopic (exact) mass is 255 g/mol. The van der Waals surface area contributed by atoms with Crippen LogP contribution in [0.1, 0.15) is 6.92 Å². The number of ether oxygens (including phenoxy) is 1. The molecular formula is C12H21N3O3. The average Bonchev–Trinajstić information content (AvgIpc) is 2.39. The molecule has 0 aliphatic heterocycles. The van der Waals surface area contributed by atoms with Gasteiger partial charge in [0.25, 0.3) is 0 Å². The Morgan fingerprint density at radius 3 is 2.61 bits per heavy atom. The van der Waals surface area contributed by atoms with Gasteiger partial charge in [-0.2, -0.15) is 0 Å². The standard InChI is InChI=1S/C12H21N3O3/c1-2-18-12-4-3-10(15-14-6-8-17)9-11(12)13-5-7-16/h3-4,9,13-17H,2,5-8H2,1H3. The molecule has 0 amide bonds. The lowest BCUT2D eigenvalue weighted by Crippen LogP contribution is -2.24. The zero-order valence-corrected chi connectivity index (χ0v) is 10.6. The van der Waals surface area contributed by atoms with E-state index in [-0.39, 0.29) is 13.2 Å². The van der Waals surface area contributed by atoms with Gasteiger partial charge in [0.05, 0.1) is 31.2 Å². The first kappa shape index (κ1) is 14.6. The molecule has 1 aromatic rings. The molecule has 0 atom stereocenters. The van der Waals surface area contributed by atoms with Gasteiger partial charge in [-0.3, -0.25) is 0 Å². The summed E-state index contributed by atoms with van der Waals surface area (Å²) in [4.78, 5) is 0. The van der Waals surface area contributed by atoms with Gasteiger partial charge in [-0.1, -0.05) is 0 Å². The quantitative estimate of drug-likeness (QED) is 0.324. The summed E-state index contributed by atoms with van der Waals surface area (Å²) in [6.45, 7) is 3.57. The Balaban J connectivity index is 2.69. The van der Waals surface area contributed by atoms with Crippen LogP contribution >= 0.6 is 0 Å². The van der Waals surface area contributed by atoms with Crippen LogP contribution in [0.5, 0.6) is 5.75 Å². The molecule has 0 bridgehead atoms. The van der Waals surface area contributed by atoms with Gasteiger partial charge in [0.15, 0.2) is 0 Å². The van der Waals surface area contributed by atoms with E-state index in [1.807, 2.05) is 25.1 Å². The van der Waals surface area contributed by atoms with Crippen LogP contribution in [0.4, 0.5) is 11.4 Å². The Labute approximate surface area is 107 Å². The van der Waals surface area contributed by atoms with Gasteiger partial charge in [-0.15, -0.1) is 0 Å². The second-order valence-electron chi connectivity index (χ2n) is 3.57. The first-order valence-corrected chi connectivity index (χ1v) is 6.03. The number of hydrogen-bond donors (Lipinski definition) is 5. The fraction of sp³-hybridized carbons (Fsp3) is 0.500. The smallest absolute Gasteiger partial charge is 0.142 e. The highest BCUT2D eigenvalue weighted by molar-refractivity contribution is 5.64. The molecule has 0 saturated heterocycles. The van der Waals surface area contributed by atoms with Crippen LogP contribution < -0.4 is 20.9 Å². The van der Waals surface area contributed by atoms with E-state index in [0.717, 1.165) is 17.1 Å². The van der Waals surface area contributed by atoms with E-state index in [4.69, 9.17) is 14.9 Å². The lowest BCUT2D eigenvalue weighted by Gasteiger charge is -2.14. The Hall–Kier alpha value is -1.50. The van der Waals surface area contributed by atoms with E-state index in [1.165, 1.54) is 0 Å². The minimum Gasteiger partial charge on any atom is -0.492 e. The van der Waals surface area contributed by atoms with Gasteiger partial charge < -0.3 is 25.7 Å². The number of benzene rings is 1. The van der Waals surface area contributed by atoms with Crippen molar-refractivity contribution in [1.82, 2.24) is 5.43 Å². The van der Waals surface area contributed by atoms with Gasteiger partial charge in [-0.25, -0.2) is 5.43 Å². The second-order valence-corrected chi connectivity index (χ2v) is 3.57. The summed E-state index contributed by atoms with van der Waals surface area (Å²) in [6.07, 6.45) is 0. The molecule has 1 aromatic carbocycles. The van der Waals surface area contributed by atoms with Gasteiger partial charge in [0, 0.05) is 13.1 Å². The van der Waals surface area contributed by atoms with Crippen molar-refractivity contribution in [2.75, 3.05) is 43.7 Å². The number of aliphatic hydroxyl groups excluding tert-OH is 2. The molecular weight excluding hydrogens is 234 g/mol. The summed E-state index contributed by atoms with van der Waals surface area (Å²) in [7, 11) is 0. The van der Waals surface area contributed by atoms with Crippen molar-refractivity contribution in [3.63, 3.8) is 0 Å². The molecule has 18 heavy (non-hydrogen) atoms. The van der Waals surface area contributed by atoms with E-state index in [1.54, 1.807) is 0 Å². The third-order valence-electron chi connectivity index (χ3n) is 2.18.